The molecule has 0 spiro atoms. The maximum absolute atomic E-state index is 15.2. The van der Waals surface area contributed by atoms with Crippen LogP contribution < -0.4 is 0 Å². The van der Waals surface area contributed by atoms with Crippen LogP contribution in [0.25, 0.3) is 22.3 Å². The predicted molar refractivity (Wildman–Crippen MR) is 151 cm³/mol. The summed E-state index contributed by atoms with van der Waals surface area (Å²) in [5.74, 6) is -1.94. The molecule has 0 aliphatic heterocycles. The Hall–Kier alpha value is -4.12. The van der Waals surface area contributed by atoms with Crippen LogP contribution in [0.4, 0.5) is 13.2 Å². The third-order valence-corrected chi connectivity index (χ3v) is 9.61. The number of hydrogen-bond acceptors (Lipinski definition) is 6. The number of aryl methyl sites for hydroxylation is 1. The van der Waals surface area contributed by atoms with Crippen molar-refractivity contribution in [3.8, 4) is 11.4 Å². The maximum Gasteiger partial charge on any atom is 0.268 e. The summed E-state index contributed by atoms with van der Waals surface area (Å²) in [4.78, 5) is 16.8. The summed E-state index contributed by atoms with van der Waals surface area (Å²) < 4.78 is 72.5. The molecule has 11 heteroatoms. The van der Waals surface area contributed by atoms with Gasteiger partial charge < -0.3 is 0 Å². The second kappa shape index (κ2) is 11.3. The molecule has 0 saturated heterocycles. The van der Waals surface area contributed by atoms with E-state index in [2.05, 4.69) is 19.9 Å². The lowest BCUT2D eigenvalue weighted by Crippen LogP contribution is -2.20. The fourth-order valence-electron chi connectivity index (χ4n) is 5.89. The largest absolute Gasteiger partial charge is 0.268 e. The first-order valence-corrected chi connectivity index (χ1v) is 15.2. The molecular formula is C31H28F3N5O2S. The molecule has 3 heterocycles. The molecule has 42 heavy (non-hydrogen) atoms. The molecule has 0 radical (unpaired) electrons. The van der Waals surface area contributed by atoms with Gasteiger partial charge in [0.25, 0.3) is 10.0 Å². The van der Waals surface area contributed by atoms with Crippen molar-refractivity contribution in [3.63, 3.8) is 0 Å². The van der Waals surface area contributed by atoms with Gasteiger partial charge in [-0.05, 0) is 62.3 Å². The highest BCUT2D eigenvalue weighted by atomic mass is 32.2. The van der Waals surface area contributed by atoms with Gasteiger partial charge in [0.15, 0.2) is 17.5 Å². The van der Waals surface area contributed by atoms with Crippen molar-refractivity contribution >= 4 is 20.9 Å². The number of nitrogens with zero attached hydrogens (tertiary/aromatic N) is 5. The summed E-state index contributed by atoms with van der Waals surface area (Å²) in [5, 5.41) is -0.0247. The van der Waals surface area contributed by atoms with E-state index in [-0.39, 0.29) is 38.8 Å². The van der Waals surface area contributed by atoms with E-state index in [0.29, 0.717) is 18.4 Å². The molecule has 7 nitrogen and oxygen atoms in total. The first kappa shape index (κ1) is 28.0. The number of fused-ring (bicyclic) bond motifs is 1. The molecule has 2 atom stereocenters. The van der Waals surface area contributed by atoms with E-state index in [1.165, 1.54) is 24.7 Å². The van der Waals surface area contributed by atoms with Crippen molar-refractivity contribution < 1.29 is 21.6 Å². The van der Waals surface area contributed by atoms with Gasteiger partial charge in [-0.1, -0.05) is 37.0 Å². The van der Waals surface area contributed by atoms with Crippen LogP contribution in [0.5, 0.6) is 0 Å². The van der Waals surface area contributed by atoms with E-state index in [0.717, 1.165) is 59.6 Å². The Balaban J connectivity index is 1.35. The fraction of sp³-hybridized carbons (Fsp3) is 0.290. The zero-order chi connectivity index (χ0) is 29.4. The van der Waals surface area contributed by atoms with E-state index in [9.17, 15) is 12.8 Å². The predicted octanol–water partition coefficient (Wildman–Crippen LogP) is 6.44. The van der Waals surface area contributed by atoms with Gasteiger partial charge in [0, 0.05) is 35.1 Å². The van der Waals surface area contributed by atoms with E-state index in [4.69, 9.17) is 0 Å². The highest BCUT2D eigenvalue weighted by Crippen LogP contribution is 2.36. The third-order valence-electron chi connectivity index (χ3n) is 7.93. The minimum atomic E-state index is -4.26. The Labute approximate surface area is 241 Å². The van der Waals surface area contributed by atoms with Gasteiger partial charge in [0.05, 0.1) is 16.8 Å². The summed E-state index contributed by atoms with van der Waals surface area (Å²) in [6.07, 6.45) is 10.5. The minimum Gasteiger partial charge on any atom is -0.245 e. The van der Waals surface area contributed by atoms with Crippen LogP contribution in [0, 0.1) is 36.2 Å². The highest BCUT2D eigenvalue weighted by Gasteiger charge is 2.28. The molecule has 1 saturated carbocycles. The van der Waals surface area contributed by atoms with E-state index >= 15 is 8.78 Å². The Morgan fingerprint density at radius 3 is 2.45 bits per heavy atom. The first-order chi connectivity index (χ1) is 20.2. The van der Waals surface area contributed by atoms with Crippen molar-refractivity contribution in [2.24, 2.45) is 11.8 Å². The zero-order valence-corrected chi connectivity index (χ0v) is 23.7. The molecular weight excluding hydrogens is 563 g/mol. The average molecular weight is 592 g/mol. The molecule has 3 aromatic heterocycles. The summed E-state index contributed by atoms with van der Waals surface area (Å²) >= 11 is 0. The topological polar surface area (TPSA) is 90.6 Å². The molecule has 0 unspecified atom stereocenters. The van der Waals surface area contributed by atoms with Crippen LogP contribution in [-0.4, -0.2) is 32.3 Å². The number of aromatic nitrogens is 5. The van der Waals surface area contributed by atoms with Crippen molar-refractivity contribution in [2.75, 3.05) is 0 Å². The molecule has 0 amide bonds. The smallest absolute Gasteiger partial charge is 0.245 e. The lowest BCUT2D eigenvalue weighted by atomic mass is 9.77. The Bertz CT molecular complexity index is 1860. The van der Waals surface area contributed by atoms with Crippen LogP contribution in [0.1, 0.15) is 42.6 Å². The molecule has 1 fully saturated rings. The first-order valence-electron chi connectivity index (χ1n) is 13.8. The standard InChI is InChI=1S/C31H28F3N5O2S/c1-19-5-7-24(8-6-19)42(40,41)39-17-26(25-14-22(32)15-27(33)30(25)39)31-36-16-28(34)29(38-31)13-21-4-2-3-20(11-21)12-23-9-10-35-18-37-23/h5-10,14-18,20-21H,2-4,11-13H2,1H3/t20-,21+/m0/s1. The van der Waals surface area contributed by atoms with Gasteiger partial charge in [-0.2, -0.15) is 0 Å². The lowest BCUT2D eigenvalue weighted by Gasteiger charge is -2.29. The van der Waals surface area contributed by atoms with Gasteiger partial charge in [-0.3, -0.25) is 0 Å². The van der Waals surface area contributed by atoms with E-state index < -0.39 is 27.5 Å². The summed E-state index contributed by atoms with van der Waals surface area (Å²) in [6.45, 7) is 1.82. The molecule has 216 valence electrons. The molecule has 0 bridgehead atoms. The number of hydrogen-bond donors (Lipinski definition) is 0. The van der Waals surface area contributed by atoms with Crippen molar-refractivity contribution in [3.05, 3.63) is 102 Å². The fourth-order valence-corrected chi connectivity index (χ4v) is 7.27. The van der Waals surface area contributed by atoms with Gasteiger partial charge in [-0.15, -0.1) is 0 Å². The van der Waals surface area contributed by atoms with Crippen LogP contribution in [0.15, 0.2) is 72.3 Å². The monoisotopic (exact) mass is 591 g/mol. The minimum absolute atomic E-state index is 0.00685. The number of halogens is 3. The maximum atomic E-state index is 15.2. The molecule has 2 aromatic carbocycles. The second-order valence-corrected chi connectivity index (χ2v) is 12.8. The summed E-state index contributed by atoms with van der Waals surface area (Å²) in [6, 6.07) is 9.69. The average Bonchev–Trinajstić information content (AvgIpc) is 3.36. The molecule has 1 aliphatic rings. The number of rotatable bonds is 7. The van der Waals surface area contributed by atoms with Crippen LogP contribution in [-0.2, 0) is 22.9 Å². The van der Waals surface area contributed by atoms with Crippen LogP contribution >= 0.6 is 0 Å². The molecule has 5 aromatic rings. The Morgan fingerprint density at radius 1 is 0.952 bits per heavy atom. The van der Waals surface area contributed by atoms with Crippen molar-refractivity contribution in [1.29, 1.82) is 0 Å². The second-order valence-electron chi connectivity index (χ2n) is 10.9. The SMILES string of the molecule is Cc1ccc(S(=O)(=O)n2cc(-c3ncc(F)c(C[C@@H]4CCC[C@H](Cc5ccncn5)C4)n3)c3cc(F)cc(F)c32)cc1. The van der Waals surface area contributed by atoms with Gasteiger partial charge in [-0.25, -0.2) is 45.5 Å². The van der Waals surface area contributed by atoms with Crippen molar-refractivity contribution in [2.45, 2.75) is 50.3 Å². The van der Waals surface area contributed by atoms with E-state index in [1.807, 2.05) is 13.0 Å². The molecule has 1 aliphatic carbocycles. The van der Waals surface area contributed by atoms with Crippen LogP contribution in [0.3, 0.4) is 0 Å². The quantitative estimate of drug-likeness (QED) is 0.216. The summed E-state index contributed by atoms with van der Waals surface area (Å²) in [5.41, 5.74) is 1.77. The van der Waals surface area contributed by atoms with Gasteiger partial charge in [0.1, 0.15) is 17.7 Å². The normalized spacial score (nSPS) is 17.5. The van der Waals surface area contributed by atoms with Gasteiger partial charge in [0.2, 0.25) is 0 Å². The van der Waals surface area contributed by atoms with Gasteiger partial charge >= 0.3 is 0 Å². The Morgan fingerprint density at radius 2 is 1.71 bits per heavy atom. The third kappa shape index (κ3) is 5.53. The molecule has 6 rings (SSSR count). The lowest BCUT2D eigenvalue weighted by molar-refractivity contribution is 0.259. The van der Waals surface area contributed by atoms with E-state index in [1.54, 1.807) is 18.3 Å². The molecule has 0 N–H and O–H groups in total. The number of benzene rings is 2. The van der Waals surface area contributed by atoms with Crippen LogP contribution in [0.2, 0.25) is 0 Å². The highest BCUT2D eigenvalue weighted by molar-refractivity contribution is 7.90. The Kier molecular flexibility index (Phi) is 7.53. The summed E-state index contributed by atoms with van der Waals surface area (Å²) in [7, 11) is -4.26. The zero-order valence-electron chi connectivity index (χ0n) is 22.8. The van der Waals surface area contributed by atoms with Crippen molar-refractivity contribution in [1.82, 2.24) is 23.9 Å².